The van der Waals surface area contributed by atoms with Crippen molar-refractivity contribution in [3.05, 3.63) is 35.4 Å². The predicted molar refractivity (Wildman–Crippen MR) is 99.5 cm³/mol. The van der Waals surface area contributed by atoms with Gasteiger partial charge in [-0.3, -0.25) is 0 Å². The monoisotopic (exact) mass is 378 g/mol. The molecule has 2 aromatic rings. The van der Waals surface area contributed by atoms with E-state index in [1.54, 1.807) is 38.4 Å². The van der Waals surface area contributed by atoms with Gasteiger partial charge in [-0.1, -0.05) is 25.4 Å². The zero-order valence-corrected chi connectivity index (χ0v) is 16.0. The molecule has 26 heavy (non-hydrogen) atoms. The third kappa shape index (κ3) is 5.56. The van der Waals surface area contributed by atoms with Crippen LogP contribution in [0.3, 0.4) is 0 Å². The molecule has 0 bridgehead atoms. The lowest BCUT2D eigenvalue weighted by Crippen LogP contribution is -2.50. The summed E-state index contributed by atoms with van der Waals surface area (Å²) in [5.41, 5.74) is 0.727. The highest BCUT2D eigenvalue weighted by molar-refractivity contribution is 6.32. The third-order valence-electron chi connectivity index (χ3n) is 3.67. The zero-order chi connectivity index (χ0) is 19.3. The second-order valence-corrected chi connectivity index (χ2v) is 7.28. The molecule has 0 spiro atoms. The first-order chi connectivity index (χ1) is 12.2. The Morgan fingerprint density at radius 2 is 2.15 bits per heavy atom. The van der Waals surface area contributed by atoms with E-state index in [0.717, 1.165) is 11.3 Å². The van der Waals surface area contributed by atoms with Crippen molar-refractivity contribution in [2.24, 2.45) is 5.92 Å². The maximum absolute atomic E-state index is 11.1. The van der Waals surface area contributed by atoms with Crippen LogP contribution in [0.15, 0.2) is 24.5 Å². The summed E-state index contributed by atoms with van der Waals surface area (Å²) in [6.45, 7) is 7.77. The van der Waals surface area contributed by atoms with Crippen molar-refractivity contribution in [1.29, 1.82) is 0 Å². The van der Waals surface area contributed by atoms with Crippen LogP contribution in [0.4, 0.5) is 4.79 Å². The lowest BCUT2D eigenvalue weighted by Gasteiger charge is -2.31. The van der Waals surface area contributed by atoms with E-state index < -0.39 is 11.6 Å². The van der Waals surface area contributed by atoms with E-state index in [4.69, 9.17) is 21.4 Å². The lowest BCUT2D eigenvalue weighted by molar-refractivity contribution is 0.141. The first kappa shape index (κ1) is 19.9. The van der Waals surface area contributed by atoms with Crippen LogP contribution in [0.2, 0.25) is 5.02 Å². The van der Waals surface area contributed by atoms with Gasteiger partial charge in [0.25, 0.3) is 0 Å². The lowest BCUT2D eigenvalue weighted by atomic mass is 9.91. The third-order valence-corrected chi connectivity index (χ3v) is 3.94. The number of rotatable bonds is 7. The van der Waals surface area contributed by atoms with E-state index in [1.807, 2.05) is 13.8 Å². The number of aromatic nitrogens is 3. The molecule has 0 aromatic carbocycles. The highest BCUT2D eigenvalue weighted by atomic mass is 35.5. The number of hydrogen-bond acceptors (Lipinski definition) is 5. The summed E-state index contributed by atoms with van der Waals surface area (Å²) in [6.07, 6.45) is 2.82. The quantitative estimate of drug-likeness (QED) is 0.757. The molecule has 140 valence electrons. The minimum atomic E-state index is -1.09. The Kier molecular flexibility index (Phi) is 6.37. The van der Waals surface area contributed by atoms with Crippen molar-refractivity contribution >= 4 is 17.7 Å². The van der Waals surface area contributed by atoms with Crippen LogP contribution < -0.4 is 10.1 Å². The highest BCUT2D eigenvalue weighted by Gasteiger charge is 2.29. The second-order valence-electron chi connectivity index (χ2n) is 6.88. The van der Waals surface area contributed by atoms with Crippen molar-refractivity contribution in [1.82, 2.24) is 20.3 Å². The largest absolute Gasteiger partial charge is 0.474 e. The van der Waals surface area contributed by atoms with Gasteiger partial charge in [0, 0.05) is 18.0 Å². The number of halogens is 1. The van der Waals surface area contributed by atoms with Gasteiger partial charge in [0.1, 0.15) is 17.5 Å². The summed E-state index contributed by atoms with van der Waals surface area (Å²) >= 11 is 6.29. The number of ether oxygens (including phenoxy) is 1. The molecule has 1 atom stereocenters. The molecule has 2 aromatic heterocycles. The maximum atomic E-state index is 11.1. The maximum Gasteiger partial charge on any atom is 0.405 e. The predicted octanol–water partition coefficient (Wildman–Crippen LogP) is 3.95. The summed E-state index contributed by atoms with van der Waals surface area (Å²) in [5.74, 6) is 1.20. The Balaban J connectivity index is 2.15. The molecule has 0 aliphatic rings. The summed E-state index contributed by atoms with van der Waals surface area (Å²) in [5, 5.41) is 11.9. The number of hydrogen-bond donors (Lipinski definition) is 2. The normalized spacial score (nSPS) is 13.3. The van der Waals surface area contributed by atoms with E-state index in [9.17, 15) is 4.79 Å². The molecule has 1 amide bonds. The summed E-state index contributed by atoms with van der Waals surface area (Å²) in [6, 6.07) is 3.49. The van der Waals surface area contributed by atoms with E-state index >= 15 is 0 Å². The molecular formula is C18H23ClN4O3. The Bertz CT molecular complexity index is 785. The first-order valence-corrected chi connectivity index (χ1v) is 8.66. The number of carbonyl (C=O) groups is 1. The number of amides is 1. The van der Waals surface area contributed by atoms with Crippen LogP contribution in [-0.2, 0) is 0 Å². The van der Waals surface area contributed by atoms with Crippen LogP contribution in [-0.4, -0.2) is 38.3 Å². The Hall–Kier alpha value is -2.41. The van der Waals surface area contributed by atoms with Gasteiger partial charge in [0.05, 0.1) is 11.2 Å². The minimum absolute atomic E-state index is 0.121. The van der Waals surface area contributed by atoms with Crippen molar-refractivity contribution < 1.29 is 14.6 Å². The number of nitrogens with zero attached hydrogens (tertiary/aromatic N) is 3. The smallest absolute Gasteiger partial charge is 0.405 e. The van der Waals surface area contributed by atoms with Gasteiger partial charge >= 0.3 is 6.09 Å². The fourth-order valence-corrected chi connectivity index (χ4v) is 3.04. The summed E-state index contributed by atoms with van der Waals surface area (Å²) < 4.78 is 5.72. The van der Waals surface area contributed by atoms with Gasteiger partial charge in [-0.25, -0.2) is 19.7 Å². The van der Waals surface area contributed by atoms with Gasteiger partial charge in [-0.2, -0.15) is 0 Å². The van der Waals surface area contributed by atoms with Gasteiger partial charge in [-0.05, 0) is 38.3 Å². The number of carboxylic acid groups (broad SMARTS) is 1. The molecule has 2 N–H and O–H groups in total. The van der Waals surface area contributed by atoms with Gasteiger partial charge in [-0.15, -0.1) is 0 Å². The molecule has 0 saturated heterocycles. The topological polar surface area (TPSA) is 97.2 Å². The van der Waals surface area contributed by atoms with Gasteiger partial charge in [0.2, 0.25) is 5.88 Å². The average molecular weight is 379 g/mol. The first-order valence-electron chi connectivity index (χ1n) is 8.28. The van der Waals surface area contributed by atoms with Crippen molar-refractivity contribution in [3.63, 3.8) is 0 Å². The Morgan fingerprint density at radius 3 is 2.73 bits per heavy atom. The molecule has 2 rings (SSSR count). The van der Waals surface area contributed by atoms with Crippen LogP contribution in [0.25, 0.3) is 11.3 Å². The van der Waals surface area contributed by atoms with E-state index in [-0.39, 0.29) is 12.5 Å². The average Bonchev–Trinajstić information content (AvgIpc) is 2.52. The fourth-order valence-electron chi connectivity index (χ4n) is 2.82. The molecule has 0 saturated carbocycles. The van der Waals surface area contributed by atoms with E-state index in [1.165, 1.54) is 0 Å². The molecule has 2 heterocycles. The van der Waals surface area contributed by atoms with E-state index in [0.29, 0.717) is 23.2 Å². The molecule has 0 fully saturated rings. The Morgan fingerprint density at radius 1 is 1.42 bits per heavy atom. The van der Waals surface area contributed by atoms with Crippen molar-refractivity contribution in [2.75, 3.05) is 6.61 Å². The molecule has 0 aliphatic heterocycles. The number of aryl methyl sites for hydroxylation is 1. The number of nitrogens with one attached hydrogen (secondary N) is 1. The molecule has 1 unspecified atom stereocenters. The molecule has 0 aliphatic carbocycles. The molecule has 8 heteroatoms. The standard InChI is InChI=1S/C18H23ClN4O3/c1-11(2)8-18(4,23-17(24)25)10-26-16-14(19)7-13(9-21-16)15-5-6-20-12(3)22-15/h5-7,9,11,23H,8,10H2,1-4H3,(H,24,25). The SMILES string of the molecule is Cc1nccc(-c2cnc(OCC(C)(CC(C)C)NC(=O)O)c(Cl)c2)n1. The van der Waals surface area contributed by atoms with Gasteiger partial charge in [0.15, 0.2) is 0 Å². The van der Waals surface area contributed by atoms with Crippen LogP contribution in [0.5, 0.6) is 5.88 Å². The van der Waals surface area contributed by atoms with Gasteiger partial charge < -0.3 is 15.2 Å². The summed E-state index contributed by atoms with van der Waals surface area (Å²) in [4.78, 5) is 23.7. The Labute approximate surface area is 157 Å². The van der Waals surface area contributed by atoms with Crippen LogP contribution in [0.1, 0.15) is 33.0 Å². The molecular weight excluding hydrogens is 356 g/mol. The van der Waals surface area contributed by atoms with E-state index in [2.05, 4.69) is 20.3 Å². The van der Waals surface area contributed by atoms with Crippen LogP contribution in [0, 0.1) is 12.8 Å². The number of pyridine rings is 1. The van der Waals surface area contributed by atoms with Crippen molar-refractivity contribution in [3.8, 4) is 17.1 Å². The zero-order valence-electron chi connectivity index (χ0n) is 15.3. The summed E-state index contributed by atoms with van der Waals surface area (Å²) in [7, 11) is 0. The van der Waals surface area contributed by atoms with Crippen molar-refractivity contribution in [2.45, 2.75) is 39.7 Å². The van der Waals surface area contributed by atoms with Crippen LogP contribution >= 0.6 is 11.6 Å². The minimum Gasteiger partial charge on any atom is -0.474 e. The second kappa shape index (κ2) is 8.31. The molecule has 0 radical (unpaired) electrons. The fraction of sp³-hybridized carbons (Fsp3) is 0.444. The highest BCUT2D eigenvalue weighted by Crippen LogP contribution is 2.28. The molecule has 7 nitrogen and oxygen atoms in total.